The number of hydrogen-bond acceptors (Lipinski definition) is 3. The highest BCUT2D eigenvalue weighted by Gasteiger charge is 2.45. The van der Waals surface area contributed by atoms with Gasteiger partial charge in [0.05, 0.1) is 0 Å². The van der Waals surface area contributed by atoms with E-state index in [2.05, 4.69) is 5.32 Å². The summed E-state index contributed by atoms with van der Waals surface area (Å²) in [6.07, 6.45) is -2.87. The normalized spacial score (nSPS) is 15.8. The van der Waals surface area contributed by atoms with E-state index < -0.39 is 17.9 Å². The SMILES string of the molecule is CNC(CCCN)(C(=O)O)C(F)F. The second-order valence-electron chi connectivity index (χ2n) is 2.72. The number of carboxylic acids is 1. The molecule has 0 saturated heterocycles. The number of likely N-dealkylation sites (N-methyl/N-ethyl adjacent to an activating group) is 1. The maximum atomic E-state index is 12.4. The molecular weight excluding hydrogens is 182 g/mol. The minimum Gasteiger partial charge on any atom is -0.480 e. The Kier molecular flexibility index (Phi) is 4.79. The van der Waals surface area contributed by atoms with Crippen LogP contribution in [0.1, 0.15) is 12.8 Å². The van der Waals surface area contributed by atoms with Gasteiger partial charge in [0.15, 0.2) is 5.54 Å². The number of nitrogens with two attached hydrogens (primary N) is 1. The molecule has 4 N–H and O–H groups in total. The summed E-state index contributed by atoms with van der Waals surface area (Å²) < 4.78 is 24.9. The van der Waals surface area contributed by atoms with Crippen molar-refractivity contribution in [3.63, 3.8) is 0 Å². The second kappa shape index (κ2) is 5.08. The van der Waals surface area contributed by atoms with Gasteiger partial charge in [0.1, 0.15) is 0 Å². The monoisotopic (exact) mass is 196 g/mol. The zero-order chi connectivity index (χ0) is 10.5. The van der Waals surface area contributed by atoms with Crippen molar-refractivity contribution in [1.29, 1.82) is 0 Å². The van der Waals surface area contributed by atoms with Gasteiger partial charge in [-0.25, -0.2) is 13.6 Å². The third-order valence-electron chi connectivity index (χ3n) is 1.98. The quantitative estimate of drug-likeness (QED) is 0.560. The molecule has 0 amide bonds. The summed E-state index contributed by atoms with van der Waals surface area (Å²) in [7, 11) is 1.21. The molecule has 4 nitrogen and oxygen atoms in total. The predicted octanol–water partition coefficient (Wildman–Crippen LogP) is 0.0332. The minimum absolute atomic E-state index is 0.174. The summed E-state index contributed by atoms with van der Waals surface area (Å²) in [6, 6.07) is 0. The predicted molar refractivity (Wildman–Crippen MR) is 43.7 cm³/mol. The molecule has 0 aliphatic carbocycles. The van der Waals surface area contributed by atoms with Crippen LogP contribution in [-0.2, 0) is 4.79 Å². The zero-order valence-corrected chi connectivity index (χ0v) is 7.39. The van der Waals surface area contributed by atoms with Crippen LogP contribution < -0.4 is 11.1 Å². The van der Waals surface area contributed by atoms with E-state index in [0.29, 0.717) is 0 Å². The first-order valence-corrected chi connectivity index (χ1v) is 3.91. The third kappa shape index (κ3) is 2.60. The first-order valence-electron chi connectivity index (χ1n) is 3.91. The van der Waals surface area contributed by atoms with Crippen LogP contribution in [0.2, 0.25) is 0 Å². The van der Waals surface area contributed by atoms with E-state index in [-0.39, 0.29) is 19.4 Å². The summed E-state index contributed by atoms with van der Waals surface area (Å²) in [4.78, 5) is 10.6. The number of nitrogens with one attached hydrogen (secondary N) is 1. The van der Waals surface area contributed by atoms with Gasteiger partial charge in [0.2, 0.25) is 0 Å². The van der Waals surface area contributed by atoms with Crippen molar-refractivity contribution in [3.05, 3.63) is 0 Å². The van der Waals surface area contributed by atoms with E-state index in [0.717, 1.165) is 0 Å². The summed E-state index contributed by atoms with van der Waals surface area (Å²) in [5, 5.41) is 10.8. The van der Waals surface area contributed by atoms with Gasteiger partial charge < -0.3 is 16.2 Å². The molecule has 0 heterocycles. The maximum absolute atomic E-state index is 12.4. The summed E-state index contributed by atoms with van der Waals surface area (Å²) in [5.41, 5.74) is 2.97. The second-order valence-corrected chi connectivity index (χ2v) is 2.72. The van der Waals surface area contributed by atoms with Crippen LogP contribution >= 0.6 is 0 Å². The molecule has 0 bridgehead atoms. The van der Waals surface area contributed by atoms with Crippen LogP contribution in [0.3, 0.4) is 0 Å². The van der Waals surface area contributed by atoms with Crippen molar-refractivity contribution >= 4 is 5.97 Å². The summed E-state index contributed by atoms with van der Waals surface area (Å²) >= 11 is 0. The summed E-state index contributed by atoms with van der Waals surface area (Å²) in [6.45, 7) is 0.198. The smallest absolute Gasteiger partial charge is 0.329 e. The number of alkyl halides is 2. The lowest BCUT2D eigenvalue weighted by Gasteiger charge is -2.27. The summed E-state index contributed by atoms with van der Waals surface area (Å²) in [5.74, 6) is -1.54. The van der Waals surface area contributed by atoms with E-state index >= 15 is 0 Å². The molecule has 0 saturated carbocycles. The number of carboxylic acid groups (broad SMARTS) is 1. The molecular formula is C7H14F2N2O2. The largest absolute Gasteiger partial charge is 0.480 e. The van der Waals surface area contributed by atoms with Crippen molar-refractivity contribution in [3.8, 4) is 0 Å². The van der Waals surface area contributed by atoms with Gasteiger partial charge in [-0.2, -0.15) is 0 Å². The number of aliphatic carboxylic acids is 1. The van der Waals surface area contributed by atoms with Crippen molar-refractivity contribution < 1.29 is 18.7 Å². The molecule has 0 fully saturated rings. The van der Waals surface area contributed by atoms with Gasteiger partial charge in [0, 0.05) is 0 Å². The molecule has 78 valence electrons. The Hall–Kier alpha value is -0.750. The lowest BCUT2D eigenvalue weighted by atomic mass is 9.94. The molecule has 6 heteroatoms. The van der Waals surface area contributed by atoms with Crippen molar-refractivity contribution in [1.82, 2.24) is 5.32 Å². The Morgan fingerprint density at radius 2 is 2.23 bits per heavy atom. The average Bonchev–Trinajstić information content (AvgIpc) is 2.05. The van der Waals surface area contributed by atoms with Crippen LogP contribution in [0.4, 0.5) is 8.78 Å². The zero-order valence-electron chi connectivity index (χ0n) is 7.39. The Labute approximate surface area is 75.1 Å². The number of halogens is 2. The van der Waals surface area contributed by atoms with E-state index in [9.17, 15) is 13.6 Å². The van der Waals surface area contributed by atoms with Crippen LogP contribution in [0.5, 0.6) is 0 Å². The van der Waals surface area contributed by atoms with Crippen molar-refractivity contribution in [2.24, 2.45) is 5.73 Å². The van der Waals surface area contributed by atoms with E-state index in [1.807, 2.05) is 0 Å². The Morgan fingerprint density at radius 1 is 1.69 bits per heavy atom. The highest BCUT2D eigenvalue weighted by atomic mass is 19.3. The molecule has 0 aromatic rings. The molecule has 0 aromatic carbocycles. The lowest BCUT2D eigenvalue weighted by molar-refractivity contribution is -0.152. The van der Waals surface area contributed by atoms with Crippen molar-refractivity contribution in [2.45, 2.75) is 24.8 Å². The number of hydrogen-bond donors (Lipinski definition) is 3. The highest BCUT2D eigenvalue weighted by Crippen LogP contribution is 2.21. The molecule has 0 aromatic heterocycles. The first kappa shape index (κ1) is 12.2. The molecule has 0 rings (SSSR count). The fourth-order valence-electron chi connectivity index (χ4n) is 1.03. The van der Waals surface area contributed by atoms with Crippen LogP contribution in [0.25, 0.3) is 0 Å². The van der Waals surface area contributed by atoms with Gasteiger partial charge in [-0.1, -0.05) is 0 Å². The fraction of sp³-hybridized carbons (Fsp3) is 0.857. The van der Waals surface area contributed by atoms with Gasteiger partial charge in [-0.15, -0.1) is 0 Å². The minimum atomic E-state index is -2.94. The van der Waals surface area contributed by atoms with Crippen LogP contribution in [-0.4, -0.2) is 36.6 Å². The van der Waals surface area contributed by atoms with Gasteiger partial charge in [0.25, 0.3) is 6.43 Å². The van der Waals surface area contributed by atoms with Crippen molar-refractivity contribution in [2.75, 3.05) is 13.6 Å². The topological polar surface area (TPSA) is 75.3 Å². The molecule has 13 heavy (non-hydrogen) atoms. The van der Waals surface area contributed by atoms with Gasteiger partial charge in [-0.3, -0.25) is 0 Å². The number of carbonyl (C=O) groups is 1. The first-order chi connectivity index (χ1) is 6.01. The molecule has 0 aliphatic rings. The molecule has 0 spiro atoms. The molecule has 0 aliphatic heterocycles. The molecule has 0 radical (unpaired) electrons. The average molecular weight is 196 g/mol. The van der Waals surface area contributed by atoms with Gasteiger partial charge >= 0.3 is 5.97 Å². The van der Waals surface area contributed by atoms with Crippen LogP contribution in [0.15, 0.2) is 0 Å². The standard InChI is InChI=1S/C7H14F2N2O2/c1-11-7(5(8)9,6(12)13)3-2-4-10/h5,11H,2-4,10H2,1H3,(H,12,13). The van der Waals surface area contributed by atoms with Gasteiger partial charge in [-0.05, 0) is 26.4 Å². The maximum Gasteiger partial charge on any atom is 0.329 e. The van der Waals surface area contributed by atoms with Crippen LogP contribution in [0, 0.1) is 0 Å². The van der Waals surface area contributed by atoms with E-state index in [1.54, 1.807) is 0 Å². The van der Waals surface area contributed by atoms with E-state index in [4.69, 9.17) is 10.8 Å². The Balaban J connectivity index is 4.55. The molecule has 1 unspecified atom stereocenters. The lowest BCUT2D eigenvalue weighted by Crippen LogP contribution is -2.56. The molecule has 1 atom stereocenters. The fourth-order valence-corrected chi connectivity index (χ4v) is 1.03. The van der Waals surface area contributed by atoms with E-state index in [1.165, 1.54) is 7.05 Å². The Morgan fingerprint density at radius 3 is 2.46 bits per heavy atom. The number of rotatable bonds is 6. The highest BCUT2D eigenvalue weighted by molar-refractivity contribution is 5.79. The third-order valence-corrected chi connectivity index (χ3v) is 1.98. The Bertz CT molecular complexity index is 178.